The van der Waals surface area contributed by atoms with Gasteiger partial charge < -0.3 is 9.64 Å². The number of ether oxygens (including phenoxy) is 1. The van der Waals surface area contributed by atoms with E-state index in [4.69, 9.17) is 4.74 Å². The predicted octanol–water partition coefficient (Wildman–Crippen LogP) is 6.55. The van der Waals surface area contributed by atoms with E-state index in [0.29, 0.717) is 29.7 Å². The monoisotopic (exact) mass is 547 g/mol. The molecule has 0 unspecified atom stereocenters. The Morgan fingerprint density at radius 1 is 1.29 bits per heavy atom. The number of aromatic nitrogens is 1. The van der Waals surface area contributed by atoms with Crippen molar-refractivity contribution in [3.63, 3.8) is 0 Å². The topological polar surface area (TPSA) is 62.7 Å². The van der Waals surface area contributed by atoms with Gasteiger partial charge in [0.05, 0.1) is 11.6 Å². The highest BCUT2D eigenvalue weighted by atomic mass is 79.9. The number of halogens is 2. The number of piperidine rings is 1. The Hall–Kier alpha value is -2.52. The standard InChI is InChI=1S/C25H27BrFN3O3S/c1-15-14-34-20-9-10-28-22(21(15)20)30(23(31)18-8-7-16(26)12-19(18)27)17-6-5-11-29(13-17)24(32)33-25(2,3)4/h7-10,12,14,17H,5-6,11,13H2,1-4H3/t17-/m1/s1. The highest BCUT2D eigenvalue weighted by molar-refractivity contribution is 9.10. The molecule has 1 aromatic carbocycles. The van der Waals surface area contributed by atoms with E-state index in [-0.39, 0.29) is 18.2 Å². The molecule has 9 heteroatoms. The Kier molecular flexibility index (Phi) is 6.96. The molecule has 0 N–H and O–H groups in total. The summed E-state index contributed by atoms with van der Waals surface area (Å²) in [6.45, 7) is 8.25. The van der Waals surface area contributed by atoms with E-state index < -0.39 is 23.4 Å². The molecule has 1 aliphatic rings. The van der Waals surface area contributed by atoms with E-state index in [1.165, 1.54) is 12.1 Å². The zero-order valence-electron chi connectivity index (χ0n) is 19.6. The fourth-order valence-electron chi connectivity index (χ4n) is 4.18. The van der Waals surface area contributed by atoms with Gasteiger partial charge in [0.1, 0.15) is 17.2 Å². The van der Waals surface area contributed by atoms with Crippen molar-refractivity contribution in [2.45, 2.75) is 52.2 Å². The number of likely N-dealkylation sites (tertiary alicyclic amines) is 1. The minimum Gasteiger partial charge on any atom is -0.444 e. The molecule has 0 spiro atoms. The van der Waals surface area contributed by atoms with Crippen LogP contribution in [0.1, 0.15) is 49.5 Å². The Balaban J connectivity index is 1.77. The summed E-state index contributed by atoms with van der Waals surface area (Å²) >= 11 is 4.83. The second kappa shape index (κ2) is 9.62. The first-order chi connectivity index (χ1) is 16.0. The van der Waals surface area contributed by atoms with Gasteiger partial charge >= 0.3 is 6.09 Å². The van der Waals surface area contributed by atoms with Crippen molar-refractivity contribution in [1.29, 1.82) is 0 Å². The van der Waals surface area contributed by atoms with Crippen LogP contribution in [0.5, 0.6) is 0 Å². The first kappa shape index (κ1) is 24.6. The Bertz CT molecular complexity index is 1240. The Morgan fingerprint density at radius 2 is 2.06 bits per heavy atom. The van der Waals surface area contributed by atoms with Crippen molar-refractivity contribution < 1.29 is 18.7 Å². The molecular formula is C25H27BrFN3O3S. The third-order valence-electron chi connectivity index (χ3n) is 5.67. The van der Waals surface area contributed by atoms with E-state index in [1.807, 2.05) is 39.1 Å². The fraction of sp³-hybridized carbons (Fsp3) is 0.400. The highest BCUT2D eigenvalue weighted by Crippen LogP contribution is 2.35. The number of amides is 2. The molecule has 1 atom stereocenters. The zero-order chi connectivity index (χ0) is 24.6. The molecule has 180 valence electrons. The van der Waals surface area contributed by atoms with Crippen LogP contribution in [-0.4, -0.2) is 46.6 Å². The summed E-state index contributed by atoms with van der Waals surface area (Å²) < 4.78 is 22.0. The maximum Gasteiger partial charge on any atom is 0.410 e. The van der Waals surface area contributed by atoms with Gasteiger partial charge in [-0.25, -0.2) is 14.2 Å². The number of nitrogens with zero attached hydrogens (tertiary/aromatic N) is 3. The van der Waals surface area contributed by atoms with Crippen LogP contribution >= 0.6 is 27.3 Å². The number of anilines is 1. The van der Waals surface area contributed by atoms with Gasteiger partial charge in [-0.3, -0.25) is 9.69 Å². The van der Waals surface area contributed by atoms with Crippen molar-refractivity contribution >= 4 is 55.2 Å². The SMILES string of the molecule is Cc1csc2ccnc(N(C(=O)c3ccc(Br)cc3F)[C@@H]3CCCN(C(=O)OC(C)(C)C)C3)c12. The molecule has 0 aliphatic carbocycles. The van der Waals surface area contributed by atoms with Crippen LogP contribution in [0.2, 0.25) is 0 Å². The smallest absolute Gasteiger partial charge is 0.410 e. The number of thiophene rings is 1. The van der Waals surface area contributed by atoms with Crippen molar-refractivity contribution in [3.8, 4) is 0 Å². The summed E-state index contributed by atoms with van der Waals surface area (Å²) in [6.07, 6.45) is 2.59. The van der Waals surface area contributed by atoms with Gasteiger partial charge in [-0.1, -0.05) is 15.9 Å². The van der Waals surface area contributed by atoms with E-state index in [0.717, 1.165) is 15.6 Å². The van der Waals surface area contributed by atoms with E-state index >= 15 is 0 Å². The third kappa shape index (κ3) is 5.10. The minimum atomic E-state index is -0.624. The number of aryl methyl sites for hydroxylation is 1. The number of benzene rings is 1. The first-order valence-corrected chi connectivity index (χ1v) is 12.8. The molecule has 1 saturated heterocycles. The van der Waals surface area contributed by atoms with Gasteiger partial charge in [0.2, 0.25) is 0 Å². The molecule has 34 heavy (non-hydrogen) atoms. The number of hydrogen-bond acceptors (Lipinski definition) is 5. The van der Waals surface area contributed by atoms with Gasteiger partial charge in [0.25, 0.3) is 5.91 Å². The van der Waals surface area contributed by atoms with Crippen LogP contribution in [0.25, 0.3) is 10.1 Å². The zero-order valence-corrected chi connectivity index (χ0v) is 22.0. The highest BCUT2D eigenvalue weighted by Gasteiger charge is 2.36. The second-order valence-electron chi connectivity index (χ2n) is 9.45. The maximum absolute atomic E-state index is 14.9. The van der Waals surface area contributed by atoms with Crippen LogP contribution < -0.4 is 4.90 Å². The average Bonchev–Trinajstić information content (AvgIpc) is 3.14. The molecule has 4 rings (SSSR count). The summed E-state index contributed by atoms with van der Waals surface area (Å²) in [5, 5.41) is 2.89. The van der Waals surface area contributed by atoms with E-state index in [9.17, 15) is 14.0 Å². The van der Waals surface area contributed by atoms with Crippen LogP contribution in [0.4, 0.5) is 15.0 Å². The summed E-state index contributed by atoms with van der Waals surface area (Å²) in [5.74, 6) is -0.607. The predicted molar refractivity (Wildman–Crippen MR) is 136 cm³/mol. The van der Waals surface area contributed by atoms with E-state index in [1.54, 1.807) is 33.4 Å². The number of carbonyl (C=O) groups excluding carboxylic acids is 2. The maximum atomic E-state index is 14.9. The van der Waals surface area contributed by atoms with Crippen LogP contribution in [0.3, 0.4) is 0 Å². The molecule has 6 nitrogen and oxygen atoms in total. The lowest BCUT2D eigenvalue weighted by Gasteiger charge is -2.39. The number of fused-ring (bicyclic) bond motifs is 1. The molecule has 2 aromatic heterocycles. The lowest BCUT2D eigenvalue weighted by atomic mass is 10.0. The molecule has 0 radical (unpaired) electrons. The number of carbonyl (C=O) groups is 2. The third-order valence-corrected chi connectivity index (χ3v) is 7.23. The molecule has 1 fully saturated rings. The van der Waals surface area contributed by atoms with Gasteiger partial charge in [-0.05, 0) is 75.7 Å². The van der Waals surface area contributed by atoms with Crippen LogP contribution in [0.15, 0.2) is 40.3 Å². The largest absolute Gasteiger partial charge is 0.444 e. The van der Waals surface area contributed by atoms with Gasteiger partial charge in [-0.15, -0.1) is 11.3 Å². The lowest BCUT2D eigenvalue weighted by Crippen LogP contribution is -2.53. The number of rotatable bonds is 3. The van der Waals surface area contributed by atoms with Crippen LogP contribution in [-0.2, 0) is 4.74 Å². The molecule has 2 amide bonds. The van der Waals surface area contributed by atoms with Crippen molar-refractivity contribution in [3.05, 3.63) is 57.3 Å². The number of pyridine rings is 1. The van der Waals surface area contributed by atoms with Gasteiger partial charge in [-0.2, -0.15) is 0 Å². The average molecular weight is 548 g/mol. The molecule has 3 heterocycles. The molecule has 0 bridgehead atoms. The van der Waals surface area contributed by atoms with E-state index in [2.05, 4.69) is 20.9 Å². The Labute approximate surface area is 210 Å². The lowest BCUT2D eigenvalue weighted by molar-refractivity contribution is 0.0196. The summed E-state index contributed by atoms with van der Waals surface area (Å²) in [4.78, 5) is 34.4. The van der Waals surface area contributed by atoms with Crippen molar-refractivity contribution in [2.75, 3.05) is 18.0 Å². The van der Waals surface area contributed by atoms with Gasteiger partial charge in [0, 0.05) is 33.8 Å². The Morgan fingerprint density at radius 3 is 2.76 bits per heavy atom. The molecule has 1 aliphatic heterocycles. The number of hydrogen-bond donors (Lipinski definition) is 0. The fourth-order valence-corrected chi connectivity index (χ4v) is 5.45. The summed E-state index contributed by atoms with van der Waals surface area (Å²) in [5.41, 5.74) is 0.336. The second-order valence-corrected chi connectivity index (χ2v) is 11.3. The molecule has 3 aromatic rings. The minimum absolute atomic E-state index is 0.0377. The first-order valence-electron chi connectivity index (χ1n) is 11.1. The van der Waals surface area contributed by atoms with Gasteiger partial charge in [0.15, 0.2) is 0 Å². The molecule has 0 saturated carbocycles. The van der Waals surface area contributed by atoms with Crippen molar-refractivity contribution in [2.24, 2.45) is 0 Å². The molecular weight excluding hydrogens is 521 g/mol. The normalized spacial score (nSPS) is 16.5. The van der Waals surface area contributed by atoms with Crippen molar-refractivity contribution in [1.82, 2.24) is 9.88 Å². The quantitative estimate of drug-likeness (QED) is 0.372. The summed E-state index contributed by atoms with van der Waals surface area (Å²) in [7, 11) is 0. The van der Waals surface area contributed by atoms with Crippen LogP contribution in [0, 0.1) is 12.7 Å². The summed E-state index contributed by atoms with van der Waals surface area (Å²) in [6, 6.07) is 5.93.